The zero-order valence-electron chi connectivity index (χ0n) is 10.2. The smallest absolute Gasteiger partial charge is 0.251 e. The van der Waals surface area contributed by atoms with Crippen molar-refractivity contribution in [1.29, 1.82) is 0 Å². The predicted octanol–water partition coefficient (Wildman–Crippen LogP) is 0.565. The van der Waals surface area contributed by atoms with Gasteiger partial charge in [0.05, 0.1) is 13.2 Å². The molecule has 18 heavy (non-hydrogen) atoms. The van der Waals surface area contributed by atoms with E-state index in [1.54, 1.807) is 24.5 Å². The number of nitrogens with zero attached hydrogens (tertiary/aromatic N) is 2. The summed E-state index contributed by atoms with van der Waals surface area (Å²) in [7, 11) is 0. The van der Waals surface area contributed by atoms with E-state index in [4.69, 9.17) is 4.74 Å². The summed E-state index contributed by atoms with van der Waals surface area (Å²) in [6.45, 7) is 5.02. The lowest BCUT2D eigenvalue weighted by Gasteiger charge is -2.26. The van der Waals surface area contributed by atoms with Crippen LogP contribution in [-0.4, -0.2) is 55.2 Å². The zero-order chi connectivity index (χ0) is 11.9. The summed E-state index contributed by atoms with van der Waals surface area (Å²) in [4.78, 5) is 17.9. The number of rotatable bonds is 4. The highest BCUT2D eigenvalue weighted by Crippen LogP contribution is 1.97. The highest BCUT2D eigenvalue weighted by molar-refractivity contribution is 5.93. The average molecular weight is 272 g/mol. The molecule has 1 N–H and O–H groups in total. The Morgan fingerprint density at radius 2 is 2.00 bits per heavy atom. The van der Waals surface area contributed by atoms with Crippen molar-refractivity contribution < 1.29 is 9.53 Å². The SMILES string of the molecule is Cl.O=C(NCCN1CCOCC1)c1ccncc1. The van der Waals surface area contributed by atoms with E-state index in [0.717, 1.165) is 32.8 Å². The molecule has 1 aromatic heterocycles. The van der Waals surface area contributed by atoms with Gasteiger partial charge in [-0.05, 0) is 12.1 Å². The van der Waals surface area contributed by atoms with Crippen LogP contribution < -0.4 is 5.32 Å². The van der Waals surface area contributed by atoms with Crippen molar-refractivity contribution in [3.05, 3.63) is 30.1 Å². The van der Waals surface area contributed by atoms with E-state index in [1.165, 1.54) is 0 Å². The lowest BCUT2D eigenvalue weighted by Crippen LogP contribution is -2.41. The Hall–Kier alpha value is -1.17. The first-order chi connectivity index (χ1) is 8.36. The topological polar surface area (TPSA) is 54.5 Å². The summed E-state index contributed by atoms with van der Waals surface area (Å²) in [6.07, 6.45) is 3.24. The molecule has 5 nitrogen and oxygen atoms in total. The van der Waals surface area contributed by atoms with Crippen molar-refractivity contribution in [3.63, 3.8) is 0 Å². The Kier molecular flexibility index (Phi) is 6.64. The second-order valence-corrected chi connectivity index (χ2v) is 3.95. The van der Waals surface area contributed by atoms with Gasteiger partial charge in [0.2, 0.25) is 0 Å². The first kappa shape index (κ1) is 14.9. The summed E-state index contributed by atoms with van der Waals surface area (Å²) in [5.74, 6) is -0.0411. The fourth-order valence-corrected chi connectivity index (χ4v) is 1.76. The fraction of sp³-hybridized carbons (Fsp3) is 0.500. The Labute approximate surface area is 113 Å². The number of halogens is 1. The molecular weight excluding hydrogens is 254 g/mol. The summed E-state index contributed by atoms with van der Waals surface area (Å²) >= 11 is 0. The van der Waals surface area contributed by atoms with Gasteiger partial charge in [-0.3, -0.25) is 14.7 Å². The highest BCUT2D eigenvalue weighted by atomic mass is 35.5. The van der Waals surface area contributed by atoms with Crippen LogP contribution in [0.1, 0.15) is 10.4 Å². The number of amides is 1. The van der Waals surface area contributed by atoms with Crippen LogP contribution in [0, 0.1) is 0 Å². The van der Waals surface area contributed by atoms with E-state index in [1.807, 2.05) is 0 Å². The molecule has 2 heterocycles. The van der Waals surface area contributed by atoms with E-state index in [0.29, 0.717) is 12.1 Å². The van der Waals surface area contributed by atoms with Gasteiger partial charge < -0.3 is 10.1 Å². The van der Waals surface area contributed by atoms with Crippen molar-refractivity contribution in [3.8, 4) is 0 Å². The van der Waals surface area contributed by atoms with Crippen LogP contribution >= 0.6 is 12.4 Å². The second-order valence-electron chi connectivity index (χ2n) is 3.95. The van der Waals surface area contributed by atoms with Crippen LogP contribution in [-0.2, 0) is 4.74 Å². The molecule has 0 aromatic carbocycles. The minimum atomic E-state index is -0.0411. The lowest BCUT2D eigenvalue weighted by atomic mass is 10.2. The van der Waals surface area contributed by atoms with Crippen LogP contribution in [0.4, 0.5) is 0 Å². The van der Waals surface area contributed by atoms with Gasteiger partial charge in [-0.1, -0.05) is 0 Å². The van der Waals surface area contributed by atoms with Crippen LogP contribution in [0.15, 0.2) is 24.5 Å². The maximum absolute atomic E-state index is 11.7. The Bertz CT molecular complexity index is 356. The Balaban J connectivity index is 0.00000162. The predicted molar refractivity (Wildman–Crippen MR) is 71.1 cm³/mol. The third kappa shape index (κ3) is 4.60. The minimum Gasteiger partial charge on any atom is -0.379 e. The quantitative estimate of drug-likeness (QED) is 0.870. The number of hydrogen-bond acceptors (Lipinski definition) is 4. The Morgan fingerprint density at radius 1 is 1.33 bits per heavy atom. The van der Waals surface area contributed by atoms with Crippen molar-refractivity contribution >= 4 is 18.3 Å². The maximum Gasteiger partial charge on any atom is 0.251 e. The van der Waals surface area contributed by atoms with E-state index in [9.17, 15) is 4.79 Å². The first-order valence-electron chi connectivity index (χ1n) is 5.84. The van der Waals surface area contributed by atoms with Gasteiger partial charge in [-0.25, -0.2) is 0 Å². The molecule has 2 rings (SSSR count). The van der Waals surface area contributed by atoms with E-state index in [-0.39, 0.29) is 18.3 Å². The molecule has 0 atom stereocenters. The molecule has 6 heteroatoms. The van der Waals surface area contributed by atoms with Crippen molar-refractivity contribution in [2.24, 2.45) is 0 Å². The van der Waals surface area contributed by atoms with Crippen molar-refractivity contribution in [1.82, 2.24) is 15.2 Å². The highest BCUT2D eigenvalue weighted by Gasteiger charge is 2.10. The summed E-state index contributed by atoms with van der Waals surface area (Å²) in [6, 6.07) is 3.42. The average Bonchev–Trinajstić information content (AvgIpc) is 2.41. The maximum atomic E-state index is 11.7. The molecule has 1 aromatic rings. The Morgan fingerprint density at radius 3 is 2.67 bits per heavy atom. The number of ether oxygens (including phenoxy) is 1. The van der Waals surface area contributed by atoms with Gasteiger partial charge >= 0.3 is 0 Å². The van der Waals surface area contributed by atoms with Crippen molar-refractivity contribution in [2.75, 3.05) is 39.4 Å². The second kappa shape index (κ2) is 8.02. The number of carbonyl (C=O) groups excluding carboxylic acids is 1. The summed E-state index contributed by atoms with van der Waals surface area (Å²) < 4.78 is 5.26. The largest absolute Gasteiger partial charge is 0.379 e. The van der Waals surface area contributed by atoms with E-state index >= 15 is 0 Å². The van der Waals surface area contributed by atoms with Crippen molar-refractivity contribution in [2.45, 2.75) is 0 Å². The standard InChI is InChI=1S/C12H17N3O2.ClH/c16-12(11-1-3-13-4-2-11)14-5-6-15-7-9-17-10-8-15;/h1-4H,5-10H2,(H,14,16);1H. The van der Waals surface area contributed by atoms with Gasteiger partial charge in [-0.2, -0.15) is 0 Å². The minimum absolute atomic E-state index is 0. The molecule has 0 bridgehead atoms. The van der Waals surface area contributed by atoms with Crippen LogP contribution in [0.5, 0.6) is 0 Å². The number of aromatic nitrogens is 1. The van der Waals surface area contributed by atoms with Crippen LogP contribution in [0.25, 0.3) is 0 Å². The summed E-state index contributed by atoms with van der Waals surface area (Å²) in [5.41, 5.74) is 0.655. The number of carbonyl (C=O) groups is 1. The number of morpholine rings is 1. The molecule has 0 aliphatic carbocycles. The molecule has 0 radical (unpaired) electrons. The van der Waals surface area contributed by atoms with Gasteiger partial charge in [0.15, 0.2) is 0 Å². The van der Waals surface area contributed by atoms with Gasteiger partial charge in [0.1, 0.15) is 0 Å². The lowest BCUT2D eigenvalue weighted by molar-refractivity contribution is 0.0383. The molecular formula is C12H18ClN3O2. The summed E-state index contributed by atoms with van der Waals surface area (Å²) in [5, 5.41) is 2.90. The molecule has 100 valence electrons. The normalized spacial score (nSPS) is 15.8. The first-order valence-corrected chi connectivity index (χ1v) is 5.84. The molecule has 1 aliphatic heterocycles. The van der Waals surface area contributed by atoms with Crippen LogP contribution in [0.3, 0.4) is 0 Å². The molecule has 1 aliphatic rings. The molecule has 0 unspecified atom stereocenters. The van der Waals surface area contributed by atoms with Gasteiger partial charge in [-0.15, -0.1) is 12.4 Å². The molecule has 0 spiro atoms. The fourth-order valence-electron chi connectivity index (χ4n) is 1.76. The van der Waals surface area contributed by atoms with Gasteiger partial charge in [0.25, 0.3) is 5.91 Å². The number of hydrogen-bond donors (Lipinski definition) is 1. The zero-order valence-corrected chi connectivity index (χ0v) is 11.0. The molecule has 1 saturated heterocycles. The molecule has 0 saturated carbocycles. The third-order valence-electron chi connectivity index (χ3n) is 2.76. The molecule has 1 amide bonds. The van der Waals surface area contributed by atoms with Crippen LogP contribution in [0.2, 0.25) is 0 Å². The third-order valence-corrected chi connectivity index (χ3v) is 2.76. The molecule has 1 fully saturated rings. The number of pyridine rings is 1. The van der Waals surface area contributed by atoms with E-state index in [2.05, 4.69) is 15.2 Å². The monoisotopic (exact) mass is 271 g/mol. The van der Waals surface area contributed by atoms with E-state index < -0.39 is 0 Å². The number of nitrogens with one attached hydrogen (secondary N) is 1. The van der Waals surface area contributed by atoms with Gasteiger partial charge in [0, 0.05) is 44.1 Å².